The molecule has 18 heavy (non-hydrogen) atoms. The predicted octanol–water partition coefficient (Wildman–Crippen LogP) is 0.970. The lowest BCUT2D eigenvalue weighted by atomic mass is 10.0. The third-order valence-electron chi connectivity index (χ3n) is 3.14. The Morgan fingerprint density at radius 1 is 1.39 bits per heavy atom. The zero-order valence-corrected chi connectivity index (χ0v) is 11.3. The van der Waals surface area contributed by atoms with Crippen molar-refractivity contribution < 1.29 is 9.59 Å². The van der Waals surface area contributed by atoms with E-state index in [9.17, 15) is 9.59 Å². The number of hydrogen-bond acceptors (Lipinski definition) is 4. The molecule has 0 spiro atoms. The van der Waals surface area contributed by atoms with Gasteiger partial charge in [0.1, 0.15) is 0 Å². The Hall–Kier alpha value is -1.56. The third kappa shape index (κ3) is 2.08. The van der Waals surface area contributed by atoms with E-state index in [1.807, 2.05) is 18.7 Å². The van der Waals surface area contributed by atoms with Crippen molar-refractivity contribution in [3.05, 3.63) is 16.0 Å². The highest BCUT2D eigenvalue weighted by Crippen LogP contribution is 2.35. The van der Waals surface area contributed by atoms with Crippen LogP contribution in [0.2, 0.25) is 0 Å². The fourth-order valence-corrected chi connectivity index (χ4v) is 3.39. The molecule has 2 heterocycles. The van der Waals surface area contributed by atoms with Gasteiger partial charge < -0.3 is 16.4 Å². The quantitative estimate of drug-likeness (QED) is 0.836. The number of carbonyl (C=O) groups excluding carboxylic acids is 2. The van der Waals surface area contributed by atoms with Crippen molar-refractivity contribution in [2.75, 3.05) is 12.3 Å². The van der Waals surface area contributed by atoms with E-state index in [2.05, 4.69) is 0 Å². The van der Waals surface area contributed by atoms with Crippen LogP contribution in [0.25, 0.3) is 0 Å². The molecule has 0 aromatic carbocycles. The van der Waals surface area contributed by atoms with Crippen molar-refractivity contribution in [3.63, 3.8) is 0 Å². The Kier molecular flexibility index (Phi) is 3.30. The van der Waals surface area contributed by atoms with Gasteiger partial charge in [-0.2, -0.15) is 0 Å². The smallest absolute Gasteiger partial charge is 0.251 e. The highest BCUT2D eigenvalue weighted by atomic mass is 32.1. The summed E-state index contributed by atoms with van der Waals surface area (Å²) in [5.41, 5.74) is 12.5. The molecule has 1 aromatic rings. The van der Waals surface area contributed by atoms with Crippen LogP contribution >= 0.6 is 11.3 Å². The summed E-state index contributed by atoms with van der Waals surface area (Å²) in [6.45, 7) is 4.93. The van der Waals surface area contributed by atoms with Gasteiger partial charge in [0.15, 0.2) is 0 Å². The molecule has 0 saturated heterocycles. The van der Waals surface area contributed by atoms with Crippen molar-refractivity contribution in [1.29, 1.82) is 0 Å². The molecule has 98 valence electrons. The van der Waals surface area contributed by atoms with Crippen LogP contribution in [0.15, 0.2) is 0 Å². The Balaban J connectivity index is 2.29. The minimum Gasteiger partial charge on any atom is -0.390 e. The first-order valence-corrected chi connectivity index (χ1v) is 6.72. The van der Waals surface area contributed by atoms with Gasteiger partial charge in [-0.25, -0.2) is 0 Å². The summed E-state index contributed by atoms with van der Waals surface area (Å²) >= 11 is 1.36. The zero-order chi connectivity index (χ0) is 13.4. The van der Waals surface area contributed by atoms with Crippen LogP contribution in [0.1, 0.15) is 34.6 Å². The highest BCUT2D eigenvalue weighted by molar-refractivity contribution is 7.16. The molecule has 0 fully saturated rings. The second kappa shape index (κ2) is 4.61. The van der Waals surface area contributed by atoms with Gasteiger partial charge in [-0.05, 0) is 12.0 Å². The summed E-state index contributed by atoms with van der Waals surface area (Å²) < 4.78 is 0. The maximum Gasteiger partial charge on any atom is 0.251 e. The van der Waals surface area contributed by atoms with Crippen LogP contribution in [0, 0.1) is 5.92 Å². The second-order valence-electron chi connectivity index (χ2n) is 4.77. The largest absolute Gasteiger partial charge is 0.390 e. The van der Waals surface area contributed by atoms with Gasteiger partial charge >= 0.3 is 0 Å². The standard InChI is InChI=1S/C12H17N3O2S/c1-6(2)12(17)15-4-3-7-8(5-15)18-11(14)9(7)10(13)16/h6H,3-5,14H2,1-2H3,(H2,13,16). The van der Waals surface area contributed by atoms with Crippen LogP contribution in [0.4, 0.5) is 5.00 Å². The molecule has 0 saturated carbocycles. The van der Waals surface area contributed by atoms with E-state index in [1.54, 1.807) is 0 Å². The molecule has 0 unspecified atom stereocenters. The Labute approximate surface area is 110 Å². The summed E-state index contributed by atoms with van der Waals surface area (Å²) in [6.07, 6.45) is 0.653. The van der Waals surface area contributed by atoms with Gasteiger partial charge in [-0.3, -0.25) is 9.59 Å². The summed E-state index contributed by atoms with van der Waals surface area (Å²) in [6, 6.07) is 0. The second-order valence-corrected chi connectivity index (χ2v) is 5.91. The molecule has 5 nitrogen and oxygen atoms in total. The van der Waals surface area contributed by atoms with E-state index in [-0.39, 0.29) is 11.8 Å². The molecule has 2 rings (SSSR count). The first-order chi connectivity index (χ1) is 8.41. The van der Waals surface area contributed by atoms with Gasteiger partial charge in [-0.1, -0.05) is 13.8 Å². The summed E-state index contributed by atoms with van der Waals surface area (Å²) in [4.78, 5) is 26.1. The SMILES string of the molecule is CC(C)C(=O)N1CCc2c(sc(N)c2C(N)=O)C1. The van der Waals surface area contributed by atoms with Crippen molar-refractivity contribution >= 4 is 28.2 Å². The Morgan fingerprint density at radius 2 is 2.06 bits per heavy atom. The highest BCUT2D eigenvalue weighted by Gasteiger charge is 2.28. The Bertz CT molecular complexity index is 508. The van der Waals surface area contributed by atoms with Crippen LogP contribution in [0.5, 0.6) is 0 Å². The minimum absolute atomic E-state index is 0.0144. The van der Waals surface area contributed by atoms with Crippen molar-refractivity contribution in [3.8, 4) is 0 Å². The third-order valence-corrected chi connectivity index (χ3v) is 4.18. The maximum atomic E-state index is 11.9. The molecule has 0 radical (unpaired) electrons. The lowest BCUT2D eigenvalue weighted by Gasteiger charge is -2.28. The molecule has 1 aliphatic rings. The van der Waals surface area contributed by atoms with Gasteiger partial charge in [0.05, 0.1) is 17.1 Å². The van der Waals surface area contributed by atoms with E-state index in [1.165, 1.54) is 11.3 Å². The van der Waals surface area contributed by atoms with Gasteiger partial charge in [-0.15, -0.1) is 11.3 Å². The number of carbonyl (C=O) groups is 2. The number of nitrogen functional groups attached to an aromatic ring is 1. The van der Waals surface area contributed by atoms with Crippen LogP contribution in [0.3, 0.4) is 0 Å². The maximum absolute atomic E-state index is 11.9. The molecular formula is C12H17N3O2S. The van der Waals surface area contributed by atoms with Gasteiger partial charge in [0.25, 0.3) is 5.91 Å². The van der Waals surface area contributed by atoms with Crippen LogP contribution in [-0.4, -0.2) is 23.3 Å². The van der Waals surface area contributed by atoms with E-state index in [4.69, 9.17) is 11.5 Å². The number of primary amides is 1. The molecule has 1 aliphatic heterocycles. The lowest BCUT2D eigenvalue weighted by molar-refractivity contribution is -0.135. The molecule has 6 heteroatoms. The van der Waals surface area contributed by atoms with E-state index < -0.39 is 5.91 Å². The van der Waals surface area contributed by atoms with Crippen LogP contribution in [-0.2, 0) is 17.8 Å². The molecule has 2 amide bonds. The number of amides is 2. The number of fused-ring (bicyclic) bond motifs is 1. The molecule has 0 bridgehead atoms. The fraction of sp³-hybridized carbons (Fsp3) is 0.500. The first kappa shape index (κ1) is 12.9. The average Bonchev–Trinajstić information content (AvgIpc) is 2.62. The number of nitrogens with zero attached hydrogens (tertiary/aromatic N) is 1. The average molecular weight is 267 g/mol. The number of hydrogen-bond donors (Lipinski definition) is 2. The molecular weight excluding hydrogens is 250 g/mol. The molecule has 1 aromatic heterocycles. The molecule has 4 N–H and O–H groups in total. The van der Waals surface area contributed by atoms with Crippen molar-refractivity contribution in [2.45, 2.75) is 26.8 Å². The summed E-state index contributed by atoms with van der Waals surface area (Å²) in [7, 11) is 0. The zero-order valence-electron chi connectivity index (χ0n) is 10.5. The number of thiophene rings is 1. The Morgan fingerprint density at radius 3 is 2.61 bits per heavy atom. The normalized spacial score (nSPS) is 14.7. The first-order valence-electron chi connectivity index (χ1n) is 5.90. The summed E-state index contributed by atoms with van der Waals surface area (Å²) in [5, 5.41) is 0.464. The number of anilines is 1. The van der Waals surface area contributed by atoms with E-state index >= 15 is 0 Å². The minimum atomic E-state index is -0.478. The predicted molar refractivity (Wildman–Crippen MR) is 71.2 cm³/mol. The van der Waals surface area contributed by atoms with Crippen LogP contribution < -0.4 is 11.5 Å². The van der Waals surface area contributed by atoms with E-state index in [0.717, 1.165) is 10.4 Å². The monoisotopic (exact) mass is 267 g/mol. The molecule has 0 aliphatic carbocycles. The summed E-state index contributed by atoms with van der Waals surface area (Å²) in [5.74, 6) is -0.360. The number of nitrogens with two attached hydrogens (primary N) is 2. The van der Waals surface area contributed by atoms with Gasteiger partial charge in [0.2, 0.25) is 5.91 Å². The van der Waals surface area contributed by atoms with Crippen molar-refractivity contribution in [2.24, 2.45) is 11.7 Å². The fourth-order valence-electron chi connectivity index (χ4n) is 2.25. The van der Waals surface area contributed by atoms with Gasteiger partial charge in [0, 0.05) is 17.3 Å². The van der Waals surface area contributed by atoms with E-state index in [0.29, 0.717) is 30.1 Å². The number of rotatable bonds is 2. The lowest BCUT2D eigenvalue weighted by Crippen LogP contribution is -2.38. The topological polar surface area (TPSA) is 89.4 Å². The molecule has 0 atom stereocenters. The van der Waals surface area contributed by atoms with Crippen molar-refractivity contribution in [1.82, 2.24) is 4.90 Å².